The van der Waals surface area contributed by atoms with Crippen LogP contribution in [-0.4, -0.2) is 185 Å². The molecule has 17 atom stereocenters. The lowest BCUT2D eigenvalue weighted by atomic mass is 9.94. The van der Waals surface area contributed by atoms with E-state index in [2.05, 4.69) is 15.3 Å². The van der Waals surface area contributed by atoms with E-state index in [4.69, 9.17) is 80.5 Å². The van der Waals surface area contributed by atoms with Crippen molar-refractivity contribution < 1.29 is 124 Å². The van der Waals surface area contributed by atoms with Crippen molar-refractivity contribution in [1.82, 2.24) is 5.32 Å². The van der Waals surface area contributed by atoms with Crippen molar-refractivity contribution in [3.8, 4) is 11.1 Å². The van der Waals surface area contributed by atoms with E-state index in [0.29, 0.717) is 11.1 Å². The molecule has 4 aromatic carbocycles. The third-order valence-electron chi connectivity index (χ3n) is 15.3. The summed E-state index contributed by atoms with van der Waals surface area (Å²) in [6.45, 7) is 4.22. The normalized spacial score (nSPS) is 27.9. The summed E-state index contributed by atoms with van der Waals surface area (Å²) in [6.07, 6.45) is -26.5. The van der Waals surface area contributed by atoms with Gasteiger partial charge < -0.3 is 85.8 Å². The van der Waals surface area contributed by atoms with Crippen LogP contribution in [0.25, 0.3) is 21.6 Å². The lowest BCUT2D eigenvalue weighted by Crippen LogP contribution is -2.69. The van der Waals surface area contributed by atoms with Crippen LogP contribution in [0.1, 0.15) is 82.9 Å². The van der Waals surface area contributed by atoms with Gasteiger partial charge in [0, 0.05) is 64.9 Å². The van der Waals surface area contributed by atoms with E-state index in [1.165, 1.54) is 0 Å². The minimum atomic E-state index is -2.01. The number of ether oxygens (including phenoxy) is 17. The first-order valence-electron chi connectivity index (χ1n) is 29.9. The van der Waals surface area contributed by atoms with Gasteiger partial charge in [0.25, 0.3) is 0 Å². The summed E-state index contributed by atoms with van der Waals surface area (Å²) >= 11 is 0. The summed E-state index contributed by atoms with van der Waals surface area (Å²) in [5, 5.41) is 6.63. The molecule has 9 rings (SSSR count). The van der Waals surface area contributed by atoms with Crippen molar-refractivity contribution in [1.29, 1.82) is 0 Å². The van der Waals surface area contributed by atoms with Gasteiger partial charge in [0.05, 0.1) is 13.2 Å². The van der Waals surface area contributed by atoms with E-state index >= 15 is 0 Å². The second-order valence-corrected chi connectivity index (χ2v) is 22.1. The summed E-state index contributed by atoms with van der Waals surface area (Å²) in [5.41, 5.74) is 15.3. The van der Waals surface area contributed by atoms with Crippen LogP contribution in [0.3, 0.4) is 0 Å². The molecule has 4 heterocycles. The van der Waals surface area contributed by atoms with E-state index in [-0.39, 0.29) is 25.7 Å². The number of rotatable bonds is 24. The molecule has 4 aromatic rings. The Hall–Kier alpha value is -9.10. The summed E-state index contributed by atoms with van der Waals surface area (Å²) < 4.78 is 103. The molecule has 0 aromatic heterocycles. The van der Waals surface area contributed by atoms with Crippen LogP contribution in [0.4, 0.5) is 4.79 Å². The van der Waals surface area contributed by atoms with Crippen molar-refractivity contribution in [2.75, 3.05) is 33.0 Å². The van der Waals surface area contributed by atoms with Gasteiger partial charge in [0.1, 0.15) is 69.1 Å². The average molecular weight is 1310 g/mol. The second-order valence-electron chi connectivity index (χ2n) is 22.1. The van der Waals surface area contributed by atoms with Crippen LogP contribution in [0, 0.1) is 0 Å². The van der Waals surface area contributed by atoms with Crippen molar-refractivity contribution in [3.63, 3.8) is 0 Å². The SMILES string of the molecule is CC(=O)OCC1OC(OC2C(COC(C)=O)OC(OC3C(N=[N+]=[N-])C(OC[C@H](NC(=O)OCC4c5ccccc5-c5ccccc54)C(=O)OCc4ccccc4)OC4COC(c5ccccc5)OC43)C(OC(C)=O)C2OC(C)=O)C(OC(C)=O)C(OC(C)=O)C1OC(C)=O. The number of nitrogens with zero attached hydrogens (tertiary/aromatic N) is 3. The molecule has 0 saturated carbocycles. The van der Waals surface area contributed by atoms with Crippen LogP contribution in [0.15, 0.2) is 114 Å². The largest absolute Gasteiger partial charge is 0.463 e. The topological polar surface area (TPSA) is 371 Å². The molecule has 30 nitrogen and oxygen atoms in total. The molecule has 94 heavy (non-hydrogen) atoms. The molecule has 5 aliphatic rings. The monoisotopic (exact) mass is 1310 g/mol. The Kier molecular flexibility index (Phi) is 23.7. The van der Waals surface area contributed by atoms with Gasteiger partial charge in [0.2, 0.25) is 0 Å². The maximum Gasteiger partial charge on any atom is 0.407 e. The number of fused-ring (bicyclic) bond motifs is 4. The predicted octanol–water partition coefficient (Wildman–Crippen LogP) is 5.18. The van der Waals surface area contributed by atoms with Crippen molar-refractivity contribution in [2.24, 2.45) is 5.11 Å². The number of hydrogen-bond acceptors (Lipinski definition) is 27. The molecular weight excluding hydrogens is 1240 g/mol. The highest BCUT2D eigenvalue weighted by Gasteiger charge is 2.60. The maximum absolute atomic E-state index is 14.2. The summed E-state index contributed by atoms with van der Waals surface area (Å²) in [7, 11) is 0. The molecule has 1 aliphatic carbocycles. The van der Waals surface area contributed by atoms with Gasteiger partial charge in [-0.2, -0.15) is 0 Å². The van der Waals surface area contributed by atoms with E-state index < -0.39 is 178 Å². The summed E-state index contributed by atoms with van der Waals surface area (Å²) in [5.74, 6) is -8.07. The summed E-state index contributed by atoms with van der Waals surface area (Å²) in [6, 6.07) is 29.4. The first-order valence-corrected chi connectivity index (χ1v) is 29.9. The van der Waals surface area contributed by atoms with Gasteiger partial charge >= 0.3 is 53.8 Å². The number of esters is 8. The molecule has 4 aliphatic heterocycles. The molecule has 502 valence electrons. The van der Waals surface area contributed by atoms with E-state index in [1.54, 1.807) is 60.7 Å². The Morgan fingerprint density at radius 3 is 1.55 bits per heavy atom. The standard InChI is InChI=1S/C64H70N4O26/c1-32(69)78-29-47-52(84-34(3)71)55(85-35(4)72)57(87-37(6)74)62(90-47)93-53-48(30-79-33(2)70)91-63(58(88-38(7)75)56(53)86-36(5)73)94-54-50(67-68-65)61(89-49-31-82-60(92-51(49)54)40-20-12-9-13-21-40)81-28-46(59(76)80-26-39-18-10-8-11-19-39)66-64(77)83-27-45-43-24-16-14-22-41(43)42-23-15-17-25-44(42)45/h8-25,45-58,60-63H,26-31H2,1-7H3,(H,66,77)/t46-,47?,48?,49?,50?,51?,52?,53?,54?,55?,56?,57?,58?,60?,61?,62?,63?/m0/s1. The Balaban J connectivity index is 1.06. The van der Waals surface area contributed by atoms with Crippen molar-refractivity contribution >= 4 is 53.8 Å². The third kappa shape index (κ3) is 17.6. The highest BCUT2D eigenvalue weighted by Crippen LogP contribution is 2.45. The highest BCUT2D eigenvalue weighted by atomic mass is 16.8. The van der Waals surface area contributed by atoms with Gasteiger partial charge in [-0.25, -0.2) is 9.59 Å². The van der Waals surface area contributed by atoms with Crippen molar-refractivity contribution in [2.45, 2.75) is 165 Å². The van der Waals surface area contributed by atoms with Gasteiger partial charge in [0.15, 0.2) is 61.7 Å². The van der Waals surface area contributed by atoms with Crippen molar-refractivity contribution in [3.05, 3.63) is 142 Å². The predicted molar refractivity (Wildman–Crippen MR) is 314 cm³/mol. The molecule has 0 spiro atoms. The molecule has 1 amide bonds. The molecule has 4 saturated heterocycles. The number of nitrogens with one attached hydrogen (secondary N) is 1. The van der Waals surface area contributed by atoms with Gasteiger partial charge in [-0.1, -0.05) is 114 Å². The minimum Gasteiger partial charge on any atom is -0.463 e. The average Bonchev–Trinajstić information content (AvgIpc) is 1.23. The Morgan fingerprint density at radius 1 is 0.521 bits per heavy atom. The minimum absolute atomic E-state index is 0.135. The number of carbonyl (C=O) groups excluding carboxylic acids is 9. The fourth-order valence-electron chi connectivity index (χ4n) is 11.5. The fraction of sp³-hybridized carbons (Fsp3) is 0.484. The number of amides is 1. The number of hydrogen-bond donors (Lipinski definition) is 1. The highest BCUT2D eigenvalue weighted by molar-refractivity contribution is 5.82. The molecular formula is C64H70N4O26. The molecule has 0 bridgehead atoms. The quantitative estimate of drug-likeness (QED) is 0.0310. The van der Waals surface area contributed by atoms with Gasteiger partial charge in [-0.05, 0) is 33.3 Å². The van der Waals surface area contributed by atoms with E-state index in [9.17, 15) is 48.7 Å². The van der Waals surface area contributed by atoms with Crippen LogP contribution in [0.5, 0.6) is 0 Å². The van der Waals surface area contributed by atoms with Crippen LogP contribution >= 0.6 is 0 Å². The third-order valence-corrected chi connectivity index (χ3v) is 15.3. The lowest BCUT2D eigenvalue weighted by Gasteiger charge is -2.51. The smallest absolute Gasteiger partial charge is 0.407 e. The Bertz CT molecular complexity index is 3360. The Morgan fingerprint density at radius 2 is 1.01 bits per heavy atom. The Labute approximate surface area is 537 Å². The molecule has 1 N–H and O–H groups in total. The molecule has 16 unspecified atom stereocenters. The zero-order chi connectivity index (χ0) is 67.2. The fourth-order valence-corrected chi connectivity index (χ4v) is 11.5. The van der Waals surface area contributed by atoms with Gasteiger partial charge in [-0.15, -0.1) is 0 Å². The molecule has 4 fully saturated rings. The van der Waals surface area contributed by atoms with Crippen LogP contribution in [-0.2, 0) is 125 Å². The van der Waals surface area contributed by atoms with Gasteiger partial charge in [-0.3, -0.25) is 33.6 Å². The van der Waals surface area contributed by atoms with E-state index in [0.717, 1.165) is 70.7 Å². The first kappa shape index (κ1) is 69.2. The zero-order valence-electron chi connectivity index (χ0n) is 52.0. The number of benzene rings is 4. The maximum atomic E-state index is 14.2. The number of azide groups is 1. The van der Waals surface area contributed by atoms with Crippen LogP contribution < -0.4 is 5.32 Å². The lowest BCUT2D eigenvalue weighted by molar-refractivity contribution is -0.388. The summed E-state index contributed by atoms with van der Waals surface area (Å²) in [4.78, 5) is 121. The second kappa shape index (κ2) is 32.2. The zero-order valence-corrected chi connectivity index (χ0v) is 52.0. The van der Waals surface area contributed by atoms with E-state index in [1.807, 2.05) is 48.5 Å². The van der Waals surface area contributed by atoms with Crippen LogP contribution in [0.2, 0.25) is 0 Å². The number of carbonyl (C=O) groups is 9. The molecule has 0 radical (unpaired) electrons. The first-order chi connectivity index (χ1) is 45.1. The molecule has 30 heteroatoms. The number of alkyl carbamates (subject to hydrolysis) is 1.